The molecular formula is C46H32. The highest BCUT2D eigenvalue weighted by Gasteiger charge is 2.44. The molecule has 8 aromatic carbocycles. The first-order valence-corrected chi connectivity index (χ1v) is 16.6. The zero-order valence-electron chi connectivity index (χ0n) is 26.5. The average Bonchev–Trinajstić information content (AvgIpc) is 3.56. The second-order valence-electron chi connectivity index (χ2n) is 14.9. The van der Waals surface area contributed by atoms with Crippen molar-refractivity contribution in [3.63, 3.8) is 0 Å². The fraction of sp³-hybridized carbons (Fsp3) is 0.130. The number of fused-ring (bicyclic) bond motifs is 12. The molecular weight excluding hydrogens is 553 g/mol. The summed E-state index contributed by atoms with van der Waals surface area (Å²) in [4.78, 5) is 0. The van der Waals surface area contributed by atoms with Gasteiger partial charge in [-0.2, -0.15) is 0 Å². The molecule has 0 spiro atoms. The van der Waals surface area contributed by atoms with Crippen LogP contribution < -0.4 is 0 Å². The molecule has 0 saturated heterocycles. The van der Waals surface area contributed by atoms with Gasteiger partial charge in [0.15, 0.2) is 0 Å². The molecule has 11 rings (SSSR count). The van der Waals surface area contributed by atoms with Gasteiger partial charge in [-0.05, 0) is 146 Å². The van der Waals surface area contributed by atoms with E-state index in [9.17, 15) is 0 Å². The average molecular weight is 585 g/mol. The van der Waals surface area contributed by atoms with E-state index in [4.69, 9.17) is 0 Å². The van der Waals surface area contributed by atoms with Crippen molar-refractivity contribution in [3.8, 4) is 44.5 Å². The summed E-state index contributed by atoms with van der Waals surface area (Å²) < 4.78 is 0. The van der Waals surface area contributed by atoms with E-state index in [0.717, 1.165) is 0 Å². The van der Waals surface area contributed by atoms with Crippen LogP contribution in [0.3, 0.4) is 0 Å². The molecule has 0 aromatic heterocycles. The summed E-state index contributed by atoms with van der Waals surface area (Å²) in [6.07, 6.45) is 0. The molecule has 0 nitrogen and oxygen atoms in total. The highest BCUT2D eigenvalue weighted by Crippen LogP contribution is 2.59. The minimum Gasteiger partial charge on any atom is -0.0616 e. The smallest absolute Gasteiger partial charge is 0.0153 e. The molecule has 0 heteroatoms. The largest absolute Gasteiger partial charge is 0.0616 e. The van der Waals surface area contributed by atoms with E-state index in [1.165, 1.54) is 110 Å². The van der Waals surface area contributed by atoms with Gasteiger partial charge in [-0.25, -0.2) is 0 Å². The van der Waals surface area contributed by atoms with E-state index >= 15 is 0 Å². The molecule has 0 heterocycles. The van der Waals surface area contributed by atoms with E-state index in [-0.39, 0.29) is 10.8 Å². The predicted octanol–water partition coefficient (Wildman–Crippen LogP) is 12.6. The van der Waals surface area contributed by atoms with E-state index in [1.807, 2.05) is 0 Å². The van der Waals surface area contributed by atoms with Crippen LogP contribution in [0.2, 0.25) is 0 Å². The first kappa shape index (κ1) is 25.0. The van der Waals surface area contributed by atoms with Gasteiger partial charge < -0.3 is 0 Å². The van der Waals surface area contributed by atoms with Crippen LogP contribution in [0.25, 0.3) is 87.6 Å². The highest BCUT2D eigenvalue weighted by molar-refractivity contribution is 6.25. The maximum atomic E-state index is 2.56. The Balaban J connectivity index is 1.19. The monoisotopic (exact) mass is 584 g/mol. The second kappa shape index (κ2) is 7.95. The molecule has 0 fully saturated rings. The highest BCUT2D eigenvalue weighted by atomic mass is 14.5. The Bertz CT molecular complexity index is 2540. The summed E-state index contributed by atoms with van der Waals surface area (Å²) in [6, 6.07) is 46.6. The van der Waals surface area contributed by atoms with Gasteiger partial charge in [0.25, 0.3) is 0 Å². The molecule has 46 heavy (non-hydrogen) atoms. The lowest BCUT2D eigenvalue weighted by atomic mass is 9.59. The van der Waals surface area contributed by atoms with Crippen LogP contribution in [0, 0.1) is 0 Å². The fourth-order valence-electron chi connectivity index (χ4n) is 9.65. The van der Waals surface area contributed by atoms with Gasteiger partial charge >= 0.3 is 0 Å². The Hall–Kier alpha value is -5.20. The number of hydrogen-bond acceptors (Lipinski definition) is 0. The Kier molecular flexibility index (Phi) is 4.33. The van der Waals surface area contributed by atoms with Crippen molar-refractivity contribution in [3.05, 3.63) is 144 Å². The topological polar surface area (TPSA) is 0 Å². The quantitative estimate of drug-likeness (QED) is 0.156. The maximum Gasteiger partial charge on any atom is 0.0153 e. The van der Waals surface area contributed by atoms with Gasteiger partial charge in [0.1, 0.15) is 0 Å². The zero-order chi connectivity index (χ0) is 30.7. The van der Waals surface area contributed by atoms with Crippen molar-refractivity contribution in [2.75, 3.05) is 0 Å². The normalized spacial score (nSPS) is 15.7. The summed E-state index contributed by atoms with van der Waals surface area (Å²) >= 11 is 0. The van der Waals surface area contributed by atoms with E-state index in [1.54, 1.807) is 0 Å². The summed E-state index contributed by atoms with van der Waals surface area (Å²) in [5, 5.41) is 10.8. The minimum absolute atomic E-state index is 0.150. The van der Waals surface area contributed by atoms with Gasteiger partial charge in [-0.1, -0.05) is 113 Å². The molecule has 0 unspecified atom stereocenters. The third-order valence-electron chi connectivity index (χ3n) is 11.9. The standard InChI is InChI=1S/C46H32/c1-45(2)39-21-33-31-17-9-15-29-28-14-8-6-12-26(28)20-38(43(29)31)36(33)24-42(39)46(3,4)40-22-34-32-18-10-16-30-27-13-7-5-11-25(27)19-37(44(30)32)35(34)23-41(40)45/h5-24H,1-4H3. The first-order valence-electron chi connectivity index (χ1n) is 16.6. The van der Waals surface area contributed by atoms with Crippen molar-refractivity contribution >= 4 is 43.1 Å². The van der Waals surface area contributed by atoms with Crippen LogP contribution in [0.1, 0.15) is 49.9 Å². The van der Waals surface area contributed by atoms with E-state index < -0.39 is 0 Å². The molecule has 0 saturated carbocycles. The summed E-state index contributed by atoms with van der Waals surface area (Å²) in [7, 11) is 0. The van der Waals surface area contributed by atoms with Gasteiger partial charge in [0.2, 0.25) is 0 Å². The van der Waals surface area contributed by atoms with Crippen LogP contribution in [0.15, 0.2) is 121 Å². The molecule has 0 radical (unpaired) electrons. The lowest BCUT2D eigenvalue weighted by Crippen LogP contribution is -2.36. The van der Waals surface area contributed by atoms with Crippen molar-refractivity contribution in [1.82, 2.24) is 0 Å². The van der Waals surface area contributed by atoms with Crippen LogP contribution in [-0.2, 0) is 10.8 Å². The van der Waals surface area contributed by atoms with Gasteiger partial charge in [-0.3, -0.25) is 0 Å². The van der Waals surface area contributed by atoms with Crippen LogP contribution in [0.4, 0.5) is 0 Å². The maximum absolute atomic E-state index is 2.56. The Morgan fingerprint density at radius 3 is 1.07 bits per heavy atom. The molecule has 3 aliphatic carbocycles. The Morgan fingerprint density at radius 2 is 0.652 bits per heavy atom. The third-order valence-corrected chi connectivity index (χ3v) is 11.9. The van der Waals surface area contributed by atoms with Crippen LogP contribution >= 0.6 is 0 Å². The summed E-state index contributed by atoms with van der Waals surface area (Å²) in [6.45, 7) is 9.81. The van der Waals surface area contributed by atoms with E-state index in [0.29, 0.717) is 0 Å². The summed E-state index contributed by atoms with van der Waals surface area (Å²) in [5.41, 5.74) is 16.6. The van der Waals surface area contributed by atoms with Gasteiger partial charge in [0.05, 0.1) is 0 Å². The van der Waals surface area contributed by atoms with Crippen LogP contribution in [-0.4, -0.2) is 0 Å². The SMILES string of the molecule is CC1(C)c2cc3c(cc2C(C)(C)c2cc4c(cc21)-c1cc2ccccc2c2cccc-4c12)-c1cc2ccccc2c2cccc-3c12. The van der Waals surface area contributed by atoms with Crippen LogP contribution in [0.5, 0.6) is 0 Å². The van der Waals surface area contributed by atoms with Gasteiger partial charge in [-0.15, -0.1) is 0 Å². The second-order valence-corrected chi connectivity index (χ2v) is 14.9. The molecule has 0 N–H and O–H groups in total. The molecule has 0 bridgehead atoms. The lowest BCUT2D eigenvalue weighted by molar-refractivity contribution is 0.521. The van der Waals surface area contributed by atoms with Crippen molar-refractivity contribution in [2.45, 2.75) is 38.5 Å². The fourth-order valence-corrected chi connectivity index (χ4v) is 9.65. The number of rotatable bonds is 0. The van der Waals surface area contributed by atoms with Gasteiger partial charge in [0, 0.05) is 10.8 Å². The van der Waals surface area contributed by atoms with Crippen molar-refractivity contribution < 1.29 is 0 Å². The third kappa shape index (κ3) is 2.80. The molecule has 3 aliphatic rings. The van der Waals surface area contributed by atoms with E-state index in [2.05, 4.69) is 149 Å². The molecule has 8 aromatic rings. The molecule has 216 valence electrons. The van der Waals surface area contributed by atoms with Crippen molar-refractivity contribution in [1.29, 1.82) is 0 Å². The number of benzene rings is 8. The minimum atomic E-state index is -0.150. The molecule has 0 amide bonds. The summed E-state index contributed by atoms with van der Waals surface area (Å²) in [5.74, 6) is 0. The van der Waals surface area contributed by atoms with Crippen molar-refractivity contribution in [2.24, 2.45) is 0 Å². The number of hydrogen-bond donors (Lipinski definition) is 0. The lowest BCUT2D eigenvalue weighted by Gasteiger charge is -2.44. The zero-order valence-corrected chi connectivity index (χ0v) is 26.5. The first-order chi connectivity index (χ1) is 22.3. The molecule has 0 aliphatic heterocycles. The Morgan fingerprint density at radius 1 is 0.304 bits per heavy atom. The molecule has 0 atom stereocenters. The predicted molar refractivity (Wildman–Crippen MR) is 196 cm³/mol. The Labute approximate surface area is 269 Å².